The van der Waals surface area contributed by atoms with Crippen molar-refractivity contribution in [3.8, 4) is 0 Å². The van der Waals surface area contributed by atoms with Crippen LogP contribution >= 0.6 is 0 Å². The summed E-state index contributed by atoms with van der Waals surface area (Å²) in [4.78, 5) is 0. The molecule has 5 nitrogen and oxygen atoms in total. The van der Waals surface area contributed by atoms with Crippen LogP contribution in [0.5, 0.6) is 0 Å². The minimum Gasteiger partial charge on any atom is -0.381 e. The lowest BCUT2D eigenvalue weighted by Crippen LogP contribution is -2.44. The molecule has 2 aliphatic carbocycles. The van der Waals surface area contributed by atoms with Crippen molar-refractivity contribution in [2.24, 2.45) is 17.3 Å². The molecule has 0 aromatic heterocycles. The first kappa shape index (κ1) is 22.1. The van der Waals surface area contributed by atoms with Crippen molar-refractivity contribution in [3.05, 3.63) is 0 Å². The Balaban J connectivity index is 1.93. The highest BCUT2D eigenvalue weighted by atomic mass is 32.2. The molecule has 0 heterocycles. The molecule has 6 heteroatoms. The Hall–Kier alpha value is -0.170. The van der Waals surface area contributed by atoms with E-state index >= 15 is 0 Å². The van der Waals surface area contributed by atoms with Crippen LogP contribution in [-0.4, -0.2) is 46.7 Å². The highest BCUT2D eigenvalue weighted by molar-refractivity contribution is 7.87. The van der Waals surface area contributed by atoms with Crippen molar-refractivity contribution in [1.82, 2.24) is 0 Å². The molecule has 0 amide bonds. The van der Waals surface area contributed by atoms with Crippen molar-refractivity contribution < 1.29 is 22.1 Å². The highest BCUT2D eigenvalue weighted by Crippen LogP contribution is 2.38. The Labute approximate surface area is 160 Å². The first-order valence-electron chi connectivity index (χ1n) is 10.1. The fourth-order valence-corrected chi connectivity index (χ4v) is 6.22. The van der Waals surface area contributed by atoms with E-state index in [1.54, 1.807) is 14.2 Å². The van der Waals surface area contributed by atoms with Crippen LogP contribution in [0.2, 0.25) is 0 Å². The summed E-state index contributed by atoms with van der Waals surface area (Å²) in [5, 5.41) is -0.340. The summed E-state index contributed by atoms with van der Waals surface area (Å²) < 4.78 is 42.1. The summed E-state index contributed by atoms with van der Waals surface area (Å²) in [6.45, 7) is 6.49. The van der Waals surface area contributed by atoms with Crippen LogP contribution in [0.1, 0.15) is 72.1 Å². The van der Waals surface area contributed by atoms with Gasteiger partial charge in [0.15, 0.2) is 0 Å². The number of ether oxygens (including phenoxy) is 2. The van der Waals surface area contributed by atoms with Gasteiger partial charge in [-0.05, 0) is 63.2 Å². The van der Waals surface area contributed by atoms with Crippen LogP contribution in [0, 0.1) is 17.3 Å². The molecule has 2 aliphatic rings. The second kappa shape index (κ2) is 9.35. The molecule has 0 bridgehead atoms. The van der Waals surface area contributed by atoms with Crippen molar-refractivity contribution in [3.63, 3.8) is 0 Å². The molecular weight excluding hydrogens is 352 g/mol. The van der Waals surface area contributed by atoms with E-state index in [2.05, 4.69) is 20.8 Å². The summed E-state index contributed by atoms with van der Waals surface area (Å²) in [5.41, 5.74) is -0.353. The van der Waals surface area contributed by atoms with Crippen molar-refractivity contribution in [1.29, 1.82) is 0 Å². The summed E-state index contributed by atoms with van der Waals surface area (Å²) in [6.07, 6.45) is 7.89. The lowest BCUT2D eigenvalue weighted by Gasteiger charge is -2.41. The molecule has 0 aliphatic heterocycles. The molecular formula is C20H38O5S. The normalized spacial score (nSPS) is 32.3. The third-order valence-electron chi connectivity index (χ3n) is 6.47. The van der Waals surface area contributed by atoms with Crippen LogP contribution in [0.15, 0.2) is 0 Å². The summed E-state index contributed by atoms with van der Waals surface area (Å²) in [7, 11) is -0.00140. The van der Waals surface area contributed by atoms with Gasteiger partial charge in [0.05, 0.1) is 24.1 Å². The largest absolute Gasteiger partial charge is 0.381 e. The Morgan fingerprint density at radius 2 is 1.54 bits per heavy atom. The van der Waals surface area contributed by atoms with Gasteiger partial charge in [0.2, 0.25) is 0 Å². The predicted octanol–water partition coefficient (Wildman–Crippen LogP) is 4.16. The van der Waals surface area contributed by atoms with Gasteiger partial charge >= 0.3 is 0 Å². The molecule has 0 spiro atoms. The van der Waals surface area contributed by atoms with Gasteiger partial charge in [-0.2, -0.15) is 8.42 Å². The van der Waals surface area contributed by atoms with Crippen LogP contribution in [0.3, 0.4) is 0 Å². The van der Waals surface area contributed by atoms with Gasteiger partial charge in [-0.15, -0.1) is 0 Å². The molecule has 1 unspecified atom stereocenters. The lowest BCUT2D eigenvalue weighted by atomic mass is 9.73. The molecule has 2 fully saturated rings. The average Bonchev–Trinajstić information content (AvgIpc) is 2.62. The van der Waals surface area contributed by atoms with Gasteiger partial charge in [0.1, 0.15) is 0 Å². The fraction of sp³-hybridized carbons (Fsp3) is 1.00. The smallest absolute Gasteiger partial charge is 0.270 e. The maximum Gasteiger partial charge on any atom is 0.270 e. The van der Waals surface area contributed by atoms with E-state index in [0.717, 1.165) is 51.4 Å². The third kappa shape index (κ3) is 5.66. The van der Waals surface area contributed by atoms with Crippen LogP contribution in [0.4, 0.5) is 0 Å². The van der Waals surface area contributed by atoms with Crippen molar-refractivity contribution in [2.45, 2.75) is 89.6 Å². The summed E-state index contributed by atoms with van der Waals surface area (Å²) in [6, 6.07) is 0. The minimum absolute atomic E-state index is 0.0121. The Morgan fingerprint density at radius 1 is 0.962 bits per heavy atom. The topological polar surface area (TPSA) is 61.8 Å². The quantitative estimate of drug-likeness (QED) is 0.582. The van der Waals surface area contributed by atoms with Gasteiger partial charge in [0, 0.05) is 19.6 Å². The van der Waals surface area contributed by atoms with E-state index in [1.165, 1.54) is 0 Å². The van der Waals surface area contributed by atoms with Crippen LogP contribution in [0.25, 0.3) is 0 Å². The molecule has 1 atom stereocenters. The molecule has 26 heavy (non-hydrogen) atoms. The third-order valence-corrected chi connectivity index (χ3v) is 8.21. The van der Waals surface area contributed by atoms with Gasteiger partial charge in [-0.3, -0.25) is 4.18 Å². The Morgan fingerprint density at radius 3 is 2.04 bits per heavy atom. The van der Waals surface area contributed by atoms with Crippen molar-refractivity contribution >= 4 is 10.1 Å². The molecule has 0 saturated heterocycles. The average molecular weight is 391 g/mol. The van der Waals surface area contributed by atoms with E-state index in [4.69, 9.17) is 13.7 Å². The molecule has 0 N–H and O–H groups in total. The molecule has 2 saturated carbocycles. The predicted molar refractivity (Wildman–Crippen MR) is 104 cm³/mol. The van der Waals surface area contributed by atoms with E-state index < -0.39 is 10.1 Å². The maximum atomic E-state index is 12.6. The van der Waals surface area contributed by atoms with Gasteiger partial charge in [-0.1, -0.05) is 20.8 Å². The lowest BCUT2D eigenvalue weighted by molar-refractivity contribution is -0.0728. The second-order valence-corrected chi connectivity index (χ2v) is 10.9. The van der Waals surface area contributed by atoms with Crippen LogP contribution < -0.4 is 0 Å². The zero-order valence-corrected chi connectivity index (χ0v) is 18.0. The SMILES string of the molecule is COC1CCC(C(OC)C(C)(C)COS(=O)(=O)C2CCC(C)CC2)CC1. The minimum atomic E-state index is -3.50. The fourth-order valence-electron chi connectivity index (χ4n) is 4.71. The first-order chi connectivity index (χ1) is 12.2. The highest BCUT2D eigenvalue weighted by Gasteiger charge is 2.40. The number of hydrogen-bond donors (Lipinski definition) is 0. The number of rotatable bonds is 8. The molecule has 0 aromatic carbocycles. The monoisotopic (exact) mass is 390 g/mol. The molecule has 154 valence electrons. The number of hydrogen-bond acceptors (Lipinski definition) is 5. The molecule has 2 rings (SSSR count). The van der Waals surface area contributed by atoms with Gasteiger partial charge in [0.25, 0.3) is 10.1 Å². The second-order valence-electron chi connectivity index (χ2n) is 9.05. The standard InChI is InChI=1S/C20H38O5S/c1-15-6-12-18(13-7-15)26(21,22)25-14-20(2,3)19(24-5)16-8-10-17(23-4)11-9-16/h15-19H,6-14H2,1-5H3. The van der Waals surface area contributed by atoms with Gasteiger partial charge < -0.3 is 9.47 Å². The zero-order chi connectivity index (χ0) is 19.4. The summed E-state index contributed by atoms with van der Waals surface area (Å²) in [5.74, 6) is 1.04. The molecule has 0 aromatic rings. The Kier molecular flexibility index (Phi) is 7.96. The first-order valence-corrected chi connectivity index (χ1v) is 11.6. The zero-order valence-electron chi connectivity index (χ0n) is 17.2. The van der Waals surface area contributed by atoms with E-state index in [9.17, 15) is 8.42 Å². The Bertz CT molecular complexity index is 514. The van der Waals surface area contributed by atoms with Crippen LogP contribution in [-0.2, 0) is 23.8 Å². The number of methoxy groups -OCH3 is 2. The van der Waals surface area contributed by atoms with Gasteiger partial charge in [-0.25, -0.2) is 0 Å². The van der Waals surface area contributed by atoms with Crippen molar-refractivity contribution in [2.75, 3.05) is 20.8 Å². The van der Waals surface area contributed by atoms with E-state index in [0.29, 0.717) is 17.9 Å². The van der Waals surface area contributed by atoms with E-state index in [-0.39, 0.29) is 23.4 Å². The summed E-state index contributed by atoms with van der Waals surface area (Å²) >= 11 is 0. The maximum absolute atomic E-state index is 12.6. The molecule has 0 radical (unpaired) electrons. The van der Waals surface area contributed by atoms with E-state index in [1.807, 2.05) is 0 Å².